The Morgan fingerprint density at radius 2 is 1.70 bits per heavy atom. The summed E-state index contributed by atoms with van der Waals surface area (Å²) in [4.78, 5) is 38.8. The van der Waals surface area contributed by atoms with Gasteiger partial charge in [-0.25, -0.2) is 4.39 Å². The van der Waals surface area contributed by atoms with Crippen LogP contribution in [0.5, 0.6) is 0 Å². The van der Waals surface area contributed by atoms with Crippen LogP contribution in [0.1, 0.15) is 23.2 Å². The summed E-state index contributed by atoms with van der Waals surface area (Å²) >= 11 is 0. The van der Waals surface area contributed by atoms with Crippen LogP contribution in [0.3, 0.4) is 0 Å². The summed E-state index contributed by atoms with van der Waals surface area (Å²) in [6.45, 7) is -1.28. The number of hydrogen-bond donors (Lipinski definition) is 3. The number of likely N-dealkylation sites (tertiary alicyclic amines) is 1. The van der Waals surface area contributed by atoms with E-state index in [1.165, 1.54) is 41.3 Å². The van der Waals surface area contributed by atoms with Crippen LogP contribution in [0.15, 0.2) is 48.5 Å². The Kier molecular flexibility index (Phi) is 7.64. The maximum atomic E-state index is 13.1. The molecule has 3 amide bonds. The van der Waals surface area contributed by atoms with Crippen LogP contribution in [0, 0.1) is 5.82 Å². The molecule has 0 aromatic heterocycles. The van der Waals surface area contributed by atoms with Crippen LogP contribution in [-0.4, -0.2) is 54.5 Å². The number of alkyl halides is 3. The van der Waals surface area contributed by atoms with Crippen molar-refractivity contribution in [3.05, 3.63) is 59.9 Å². The van der Waals surface area contributed by atoms with Crippen molar-refractivity contribution in [2.45, 2.75) is 25.1 Å². The molecule has 1 fully saturated rings. The largest absolute Gasteiger partial charge is 0.405 e. The van der Waals surface area contributed by atoms with Crippen LogP contribution in [0.25, 0.3) is 0 Å². The molecular formula is C22H22F4N4O3. The molecule has 2 aromatic carbocycles. The lowest BCUT2D eigenvalue weighted by Gasteiger charge is -2.23. The second-order valence-electron chi connectivity index (χ2n) is 7.52. The number of para-hydroxylation sites is 1. The maximum Gasteiger partial charge on any atom is 0.405 e. The molecule has 33 heavy (non-hydrogen) atoms. The molecule has 176 valence electrons. The fourth-order valence-electron chi connectivity index (χ4n) is 3.51. The molecule has 1 atom stereocenters. The Bertz CT molecular complexity index is 1010. The second kappa shape index (κ2) is 10.4. The maximum absolute atomic E-state index is 13.1. The number of carbonyl (C=O) groups is 3. The number of nitrogens with one attached hydrogen (secondary N) is 3. The first-order valence-electron chi connectivity index (χ1n) is 10.2. The number of carbonyl (C=O) groups excluding carboxylic acids is 3. The van der Waals surface area contributed by atoms with Crippen LogP contribution in [-0.2, 0) is 9.59 Å². The molecule has 0 saturated carbocycles. The van der Waals surface area contributed by atoms with E-state index in [9.17, 15) is 31.9 Å². The predicted octanol–water partition coefficient (Wildman–Crippen LogP) is 3.16. The van der Waals surface area contributed by atoms with Gasteiger partial charge in [0, 0.05) is 5.69 Å². The van der Waals surface area contributed by atoms with Gasteiger partial charge in [0.05, 0.1) is 23.8 Å². The summed E-state index contributed by atoms with van der Waals surface area (Å²) in [7, 11) is 0. The molecule has 0 radical (unpaired) electrons. The van der Waals surface area contributed by atoms with E-state index < -0.39 is 42.3 Å². The van der Waals surface area contributed by atoms with Gasteiger partial charge in [0.1, 0.15) is 12.4 Å². The Morgan fingerprint density at radius 1 is 1.00 bits per heavy atom. The third-order valence-corrected chi connectivity index (χ3v) is 5.02. The minimum Gasteiger partial charge on any atom is -0.346 e. The van der Waals surface area contributed by atoms with Gasteiger partial charge in [0.2, 0.25) is 11.8 Å². The number of benzene rings is 2. The van der Waals surface area contributed by atoms with Gasteiger partial charge in [0.15, 0.2) is 0 Å². The molecular weight excluding hydrogens is 444 g/mol. The lowest BCUT2D eigenvalue weighted by Crippen LogP contribution is -2.48. The number of rotatable bonds is 7. The molecule has 2 aromatic rings. The van der Waals surface area contributed by atoms with Crippen molar-refractivity contribution < 1.29 is 31.9 Å². The zero-order chi connectivity index (χ0) is 24.0. The highest BCUT2D eigenvalue weighted by Gasteiger charge is 2.34. The molecule has 7 nitrogen and oxygen atoms in total. The molecule has 3 N–H and O–H groups in total. The standard InChI is InChI=1S/C22H22F4N4O3/c23-14-7-9-15(10-8-14)28-20(32)16-4-1-2-5-17(16)29-19(31)12-30-11-3-6-18(30)21(33)27-13-22(24,25)26/h1-2,4-5,7-10,18H,3,6,11-13H2,(H,27,33)(H,28,32)(H,29,31). The molecule has 0 aliphatic carbocycles. The van der Waals surface area contributed by atoms with Gasteiger partial charge in [-0.05, 0) is 55.8 Å². The Labute approximate surface area is 187 Å². The van der Waals surface area contributed by atoms with E-state index in [2.05, 4.69) is 10.6 Å². The molecule has 1 aliphatic rings. The zero-order valence-corrected chi connectivity index (χ0v) is 17.4. The van der Waals surface area contributed by atoms with Crippen molar-refractivity contribution in [2.75, 3.05) is 30.3 Å². The number of amides is 3. The second-order valence-corrected chi connectivity index (χ2v) is 7.52. The van der Waals surface area contributed by atoms with E-state index in [0.29, 0.717) is 25.1 Å². The molecule has 1 saturated heterocycles. The van der Waals surface area contributed by atoms with Gasteiger partial charge < -0.3 is 16.0 Å². The molecule has 11 heteroatoms. The summed E-state index contributed by atoms with van der Waals surface area (Å²) in [6.07, 6.45) is -3.61. The van der Waals surface area contributed by atoms with E-state index in [1.807, 2.05) is 5.32 Å². The minimum absolute atomic E-state index is 0.163. The fraction of sp³-hybridized carbons (Fsp3) is 0.318. The van der Waals surface area contributed by atoms with Crippen LogP contribution < -0.4 is 16.0 Å². The van der Waals surface area contributed by atoms with Crippen molar-refractivity contribution in [3.8, 4) is 0 Å². The summed E-state index contributed by atoms with van der Waals surface area (Å²) < 4.78 is 50.2. The van der Waals surface area contributed by atoms with Crippen molar-refractivity contribution in [1.82, 2.24) is 10.2 Å². The summed E-state index contributed by atoms with van der Waals surface area (Å²) in [6, 6.07) is 10.6. The molecule has 0 spiro atoms. The highest BCUT2D eigenvalue weighted by atomic mass is 19.4. The van der Waals surface area contributed by atoms with Gasteiger partial charge in [-0.1, -0.05) is 12.1 Å². The van der Waals surface area contributed by atoms with Crippen LogP contribution >= 0.6 is 0 Å². The number of halogens is 4. The summed E-state index contributed by atoms with van der Waals surface area (Å²) in [5, 5.41) is 7.08. The molecule has 1 unspecified atom stereocenters. The smallest absolute Gasteiger partial charge is 0.346 e. The third kappa shape index (κ3) is 7.01. The van der Waals surface area contributed by atoms with E-state index in [1.54, 1.807) is 12.1 Å². The number of nitrogens with zero attached hydrogens (tertiary/aromatic N) is 1. The molecule has 1 aliphatic heterocycles. The predicted molar refractivity (Wildman–Crippen MR) is 113 cm³/mol. The zero-order valence-electron chi connectivity index (χ0n) is 17.4. The average Bonchev–Trinajstić information content (AvgIpc) is 3.21. The quantitative estimate of drug-likeness (QED) is 0.547. The topological polar surface area (TPSA) is 90.5 Å². The fourth-order valence-corrected chi connectivity index (χ4v) is 3.51. The highest BCUT2D eigenvalue weighted by Crippen LogP contribution is 2.21. The van der Waals surface area contributed by atoms with Crippen LogP contribution in [0.4, 0.5) is 28.9 Å². The number of hydrogen-bond acceptors (Lipinski definition) is 4. The lowest BCUT2D eigenvalue weighted by molar-refractivity contribution is -0.141. The van der Waals surface area contributed by atoms with Gasteiger partial charge in [0.25, 0.3) is 5.91 Å². The number of anilines is 2. The summed E-state index contributed by atoms with van der Waals surface area (Å²) in [5.41, 5.74) is 0.753. The van der Waals surface area contributed by atoms with Crippen molar-refractivity contribution >= 4 is 29.1 Å². The van der Waals surface area contributed by atoms with E-state index in [-0.39, 0.29) is 17.8 Å². The first kappa shape index (κ1) is 24.2. The van der Waals surface area contributed by atoms with Crippen LogP contribution in [0.2, 0.25) is 0 Å². The lowest BCUT2D eigenvalue weighted by atomic mass is 10.1. The third-order valence-electron chi connectivity index (χ3n) is 5.02. The van der Waals surface area contributed by atoms with Gasteiger partial charge in [-0.15, -0.1) is 0 Å². The Morgan fingerprint density at radius 3 is 2.39 bits per heavy atom. The minimum atomic E-state index is -4.52. The SMILES string of the molecule is O=C(CN1CCCC1C(=O)NCC(F)(F)F)Nc1ccccc1C(=O)Nc1ccc(F)cc1. The molecule has 0 bridgehead atoms. The highest BCUT2D eigenvalue weighted by molar-refractivity contribution is 6.10. The summed E-state index contributed by atoms with van der Waals surface area (Å²) in [5.74, 6) is -2.28. The molecule has 1 heterocycles. The van der Waals surface area contributed by atoms with E-state index in [0.717, 1.165) is 0 Å². The van der Waals surface area contributed by atoms with Gasteiger partial charge in [-0.3, -0.25) is 19.3 Å². The van der Waals surface area contributed by atoms with Crippen molar-refractivity contribution in [1.29, 1.82) is 0 Å². The Hall–Kier alpha value is -3.47. The normalized spacial score (nSPS) is 16.3. The monoisotopic (exact) mass is 466 g/mol. The van der Waals surface area contributed by atoms with Crippen molar-refractivity contribution in [3.63, 3.8) is 0 Å². The van der Waals surface area contributed by atoms with Crippen molar-refractivity contribution in [2.24, 2.45) is 0 Å². The average molecular weight is 466 g/mol. The van der Waals surface area contributed by atoms with Gasteiger partial charge >= 0.3 is 6.18 Å². The van der Waals surface area contributed by atoms with Gasteiger partial charge in [-0.2, -0.15) is 13.2 Å². The van der Waals surface area contributed by atoms with E-state index >= 15 is 0 Å². The Balaban J connectivity index is 1.61. The molecule has 3 rings (SSSR count). The van der Waals surface area contributed by atoms with E-state index in [4.69, 9.17) is 0 Å². The first-order chi connectivity index (χ1) is 15.6. The first-order valence-corrected chi connectivity index (χ1v) is 10.2.